The van der Waals surface area contributed by atoms with Crippen LogP contribution in [-0.4, -0.2) is 47.2 Å². The molecule has 34 heavy (non-hydrogen) atoms. The van der Waals surface area contributed by atoms with Crippen LogP contribution in [0.3, 0.4) is 0 Å². The van der Waals surface area contributed by atoms with Crippen LogP contribution in [0.1, 0.15) is 29.4 Å². The number of imidazole rings is 2. The minimum Gasteiger partial charge on any atom is -0.505 e. The number of halogens is 1. The number of rotatable bonds is 6. The lowest BCUT2D eigenvalue weighted by atomic mass is 9.96. The summed E-state index contributed by atoms with van der Waals surface area (Å²) in [5, 5.41) is 11.5. The number of aromatic nitrogens is 4. The summed E-state index contributed by atoms with van der Waals surface area (Å²) in [4.78, 5) is 36.5. The first kappa shape index (κ1) is 22.1. The van der Waals surface area contributed by atoms with Crippen LogP contribution in [0.15, 0.2) is 77.4 Å². The molecule has 3 aromatic heterocycles. The first-order valence-electron chi connectivity index (χ1n) is 10.9. The highest BCUT2D eigenvalue weighted by atomic mass is 79.9. The van der Waals surface area contributed by atoms with Gasteiger partial charge in [-0.25, -0.2) is 9.97 Å². The molecule has 1 saturated heterocycles. The average molecular weight is 520 g/mol. The molecule has 9 heteroatoms. The number of amides is 1. The largest absolute Gasteiger partial charge is 0.505 e. The predicted octanol–water partition coefficient (Wildman–Crippen LogP) is 4.11. The van der Waals surface area contributed by atoms with Gasteiger partial charge in [0.15, 0.2) is 5.76 Å². The summed E-state index contributed by atoms with van der Waals surface area (Å²) in [6.45, 7) is 2.78. The van der Waals surface area contributed by atoms with Gasteiger partial charge in [-0.2, -0.15) is 0 Å². The monoisotopic (exact) mass is 519 g/mol. The van der Waals surface area contributed by atoms with E-state index in [1.165, 1.54) is 0 Å². The molecular weight excluding hydrogens is 498 g/mol. The Balaban J connectivity index is 1.60. The molecule has 4 heterocycles. The third-order valence-electron chi connectivity index (χ3n) is 6.03. The molecule has 0 aliphatic carbocycles. The molecule has 8 nitrogen and oxygen atoms in total. The first-order valence-corrected chi connectivity index (χ1v) is 11.7. The van der Waals surface area contributed by atoms with E-state index in [4.69, 9.17) is 0 Å². The van der Waals surface area contributed by atoms with Gasteiger partial charge in [0.25, 0.3) is 11.7 Å². The lowest BCUT2D eigenvalue weighted by molar-refractivity contribution is -0.139. The molecule has 172 valence electrons. The van der Waals surface area contributed by atoms with Gasteiger partial charge < -0.3 is 14.6 Å². The summed E-state index contributed by atoms with van der Waals surface area (Å²) in [6.07, 6.45) is 7.68. The van der Waals surface area contributed by atoms with E-state index < -0.39 is 17.7 Å². The van der Waals surface area contributed by atoms with Crippen LogP contribution in [0.2, 0.25) is 0 Å². The number of ketones is 1. The fourth-order valence-electron chi connectivity index (χ4n) is 4.47. The molecule has 0 spiro atoms. The van der Waals surface area contributed by atoms with Crippen LogP contribution in [0, 0.1) is 6.92 Å². The third-order valence-corrected chi connectivity index (χ3v) is 6.56. The summed E-state index contributed by atoms with van der Waals surface area (Å²) in [5.74, 6) is -1.54. The molecule has 0 bridgehead atoms. The minimum absolute atomic E-state index is 0.0729. The molecule has 1 N–H and O–H groups in total. The lowest BCUT2D eigenvalue weighted by Gasteiger charge is -2.25. The summed E-state index contributed by atoms with van der Waals surface area (Å²) in [6, 6.07) is 12.2. The van der Waals surface area contributed by atoms with Gasteiger partial charge >= 0.3 is 0 Å². The first-order chi connectivity index (χ1) is 16.5. The van der Waals surface area contributed by atoms with Gasteiger partial charge in [-0.15, -0.1) is 0 Å². The maximum atomic E-state index is 13.3. The standard InChI is InChI=1S/C25H22BrN5O3/c1-16-21(30-12-3-2-5-19(30)28-16)23(32)20-22(17-6-8-18(26)9-7-17)31(25(34)24(20)33)13-4-11-29-14-10-27-15-29/h2-3,5-10,12,14-15,22,32H,4,11,13H2,1H3/b23-20+. The lowest BCUT2D eigenvalue weighted by Crippen LogP contribution is -2.31. The van der Waals surface area contributed by atoms with Crippen molar-refractivity contribution >= 4 is 39.0 Å². The van der Waals surface area contributed by atoms with Crippen molar-refractivity contribution in [1.82, 2.24) is 23.8 Å². The number of aliphatic hydroxyl groups excluding tert-OH is 1. The number of benzene rings is 1. The summed E-state index contributed by atoms with van der Waals surface area (Å²) >= 11 is 3.44. The molecule has 4 aromatic rings. The molecule has 0 radical (unpaired) electrons. The van der Waals surface area contributed by atoms with E-state index in [0.717, 1.165) is 10.0 Å². The molecule has 1 aromatic carbocycles. The zero-order valence-corrected chi connectivity index (χ0v) is 20.0. The Hall–Kier alpha value is -3.72. The van der Waals surface area contributed by atoms with Gasteiger partial charge in [-0.3, -0.25) is 14.0 Å². The predicted molar refractivity (Wildman–Crippen MR) is 130 cm³/mol. The number of likely N-dealkylation sites (tertiary alicyclic amines) is 1. The Labute approximate surface area is 204 Å². The fraction of sp³-hybridized carbons (Fsp3) is 0.200. The maximum absolute atomic E-state index is 13.3. The van der Waals surface area contributed by atoms with Crippen molar-refractivity contribution in [2.75, 3.05) is 6.54 Å². The number of nitrogens with zero attached hydrogens (tertiary/aromatic N) is 5. The van der Waals surface area contributed by atoms with E-state index in [9.17, 15) is 14.7 Å². The quantitative estimate of drug-likeness (QED) is 0.235. The SMILES string of the molecule is Cc1nc2ccccn2c1/C(O)=C1\C(=O)C(=O)N(CCCn2ccnc2)C1c1ccc(Br)cc1. The molecule has 1 fully saturated rings. The zero-order chi connectivity index (χ0) is 23.8. The van der Waals surface area contributed by atoms with E-state index in [0.29, 0.717) is 36.5 Å². The van der Waals surface area contributed by atoms with Crippen LogP contribution in [0.25, 0.3) is 11.4 Å². The van der Waals surface area contributed by atoms with E-state index in [-0.39, 0.29) is 11.3 Å². The molecule has 1 atom stereocenters. The molecule has 1 aliphatic rings. The van der Waals surface area contributed by atoms with Crippen molar-refractivity contribution in [3.8, 4) is 0 Å². The second-order valence-electron chi connectivity index (χ2n) is 8.17. The fourth-order valence-corrected chi connectivity index (χ4v) is 4.74. The topological polar surface area (TPSA) is 92.7 Å². The Bertz CT molecular complexity index is 1410. The van der Waals surface area contributed by atoms with Crippen LogP contribution in [-0.2, 0) is 16.1 Å². The Morgan fingerprint density at radius 3 is 2.62 bits per heavy atom. The smallest absolute Gasteiger partial charge is 0.295 e. The van der Waals surface area contributed by atoms with E-state index >= 15 is 0 Å². The van der Waals surface area contributed by atoms with Crippen LogP contribution < -0.4 is 0 Å². The summed E-state index contributed by atoms with van der Waals surface area (Å²) < 4.78 is 4.54. The number of carbonyl (C=O) groups excluding carboxylic acids is 2. The van der Waals surface area contributed by atoms with E-state index in [1.54, 1.807) is 34.9 Å². The highest BCUT2D eigenvalue weighted by Crippen LogP contribution is 2.40. The molecule has 1 unspecified atom stereocenters. The van der Waals surface area contributed by atoms with Crippen molar-refractivity contribution in [2.45, 2.75) is 25.9 Å². The number of Topliss-reactive ketones (excluding diaryl/α,β-unsaturated/α-hetero) is 1. The molecule has 5 rings (SSSR count). The normalized spacial score (nSPS) is 17.7. The van der Waals surface area contributed by atoms with Crippen LogP contribution in [0.5, 0.6) is 0 Å². The van der Waals surface area contributed by atoms with Crippen LogP contribution in [0.4, 0.5) is 0 Å². The van der Waals surface area contributed by atoms with Crippen LogP contribution >= 0.6 is 15.9 Å². The van der Waals surface area contributed by atoms with Crippen molar-refractivity contribution in [2.24, 2.45) is 0 Å². The molecule has 0 saturated carbocycles. The Kier molecular flexibility index (Phi) is 5.79. The second-order valence-corrected chi connectivity index (χ2v) is 9.09. The highest BCUT2D eigenvalue weighted by molar-refractivity contribution is 9.10. The number of hydrogen-bond donors (Lipinski definition) is 1. The number of aliphatic hydroxyl groups is 1. The minimum atomic E-state index is -0.704. The average Bonchev–Trinajstić information content (AvgIpc) is 3.52. The number of fused-ring (bicyclic) bond motifs is 1. The van der Waals surface area contributed by atoms with Crippen molar-refractivity contribution in [3.63, 3.8) is 0 Å². The van der Waals surface area contributed by atoms with Gasteiger partial charge in [-0.05, 0) is 43.2 Å². The number of pyridine rings is 1. The summed E-state index contributed by atoms with van der Waals surface area (Å²) in [7, 11) is 0. The number of aryl methyl sites for hydroxylation is 2. The summed E-state index contributed by atoms with van der Waals surface area (Å²) in [5.41, 5.74) is 2.46. The molecular formula is C25H22BrN5O3. The molecule has 1 aliphatic heterocycles. The second kappa shape index (κ2) is 8.90. The van der Waals surface area contributed by atoms with Gasteiger partial charge in [0.1, 0.15) is 11.3 Å². The van der Waals surface area contributed by atoms with Gasteiger partial charge in [0, 0.05) is 36.2 Å². The van der Waals surface area contributed by atoms with Crippen molar-refractivity contribution < 1.29 is 14.7 Å². The molecule has 1 amide bonds. The van der Waals surface area contributed by atoms with Gasteiger partial charge in [-0.1, -0.05) is 34.1 Å². The highest BCUT2D eigenvalue weighted by Gasteiger charge is 2.46. The van der Waals surface area contributed by atoms with Gasteiger partial charge in [0.2, 0.25) is 0 Å². The third kappa shape index (κ3) is 3.81. The van der Waals surface area contributed by atoms with Gasteiger partial charge in [0.05, 0.1) is 23.6 Å². The Morgan fingerprint density at radius 2 is 1.88 bits per heavy atom. The number of hydrogen-bond acceptors (Lipinski definition) is 5. The van der Waals surface area contributed by atoms with E-state index in [1.807, 2.05) is 53.2 Å². The number of carbonyl (C=O) groups is 2. The van der Waals surface area contributed by atoms with Crippen molar-refractivity contribution in [3.05, 3.63) is 94.4 Å². The maximum Gasteiger partial charge on any atom is 0.295 e. The van der Waals surface area contributed by atoms with Crippen molar-refractivity contribution in [1.29, 1.82) is 0 Å². The zero-order valence-electron chi connectivity index (χ0n) is 18.4. The van der Waals surface area contributed by atoms with E-state index in [2.05, 4.69) is 25.9 Å². The Morgan fingerprint density at radius 1 is 1.09 bits per heavy atom.